The molecule has 0 aromatic carbocycles. The number of nitrogens with one attached hydrogen (secondary N) is 1. The molecule has 0 saturated heterocycles. The van der Waals surface area contributed by atoms with Crippen molar-refractivity contribution in [2.24, 2.45) is 17.6 Å². The smallest absolute Gasteiger partial charge is 0.269 e. The molecule has 0 spiro atoms. The first-order valence-electron chi connectivity index (χ1n) is 6.11. The highest BCUT2D eigenvalue weighted by Gasteiger charge is 2.56. The molecular formula is C12H17N3O. The molecule has 0 aliphatic heterocycles. The average molecular weight is 219 g/mol. The number of fused-ring (bicyclic) bond motifs is 3. The molecule has 4 nitrogen and oxygen atoms in total. The quantitative estimate of drug-likeness (QED) is 0.807. The number of nitrogens with two attached hydrogens (primary N) is 1. The van der Waals surface area contributed by atoms with Crippen LogP contribution in [0.5, 0.6) is 0 Å². The van der Waals surface area contributed by atoms with Crippen molar-refractivity contribution in [1.82, 2.24) is 10.2 Å². The van der Waals surface area contributed by atoms with E-state index in [1.807, 2.05) is 0 Å². The lowest BCUT2D eigenvalue weighted by molar-refractivity contribution is 0.0994. The zero-order valence-electron chi connectivity index (χ0n) is 9.49. The van der Waals surface area contributed by atoms with Gasteiger partial charge in [-0.3, -0.25) is 9.89 Å². The molecule has 0 radical (unpaired) electrons. The Kier molecular flexibility index (Phi) is 2.06. The normalized spacial score (nSPS) is 29.9. The summed E-state index contributed by atoms with van der Waals surface area (Å²) in [6.07, 6.45) is 4.89. The molecule has 3 N–H and O–H groups in total. The molecule has 16 heavy (non-hydrogen) atoms. The van der Waals surface area contributed by atoms with Crippen LogP contribution in [-0.2, 0) is 6.42 Å². The monoisotopic (exact) mass is 219 g/mol. The summed E-state index contributed by atoms with van der Waals surface area (Å²) in [4.78, 5) is 11.1. The minimum absolute atomic E-state index is 0.399. The van der Waals surface area contributed by atoms with E-state index in [0.29, 0.717) is 11.6 Å². The summed E-state index contributed by atoms with van der Waals surface area (Å²) in [7, 11) is 0. The van der Waals surface area contributed by atoms with Crippen LogP contribution in [0.4, 0.5) is 0 Å². The van der Waals surface area contributed by atoms with Gasteiger partial charge in [0, 0.05) is 17.2 Å². The Morgan fingerprint density at radius 3 is 3.12 bits per heavy atom. The topological polar surface area (TPSA) is 71.8 Å². The molecule has 2 aliphatic rings. The molecule has 0 bridgehead atoms. The molecule has 4 heteroatoms. The number of hydrogen-bond donors (Lipinski definition) is 2. The van der Waals surface area contributed by atoms with Crippen LogP contribution in [0.1, 0.15) is 53.8 Å². The zero-order chi connectivity index (χ0) is 11.3. The standard InChI is InChI=1S/C12H17N3O/c1-2-3-4-6-7-5-8-10(9(6)7)14-15-11(8)12(13)16/h6-7,9H,2-5H2,1H3,(H2,13,16)(H,14,15)/t6?,7-,9+/m0/s1. The number of unbranched alkanes of at least 4 members (excludes halogenated alkanes) is 1. The Morgan fingerprint density at radius 1 is 1.62 bits per heavy atom. The van der Waals surface area contributed by atoms with Gasteiger partial charge >= 0.3 is 0 Å². The lowest BCUT2D eigenvalue weighted by Crippen LogP contribution is -2.14. The first kappa shape index (κ1) is 9.87. The Labute approximate surface area is 94.6 Å². The summed E-state index contributed by atoms with van der Waals surface area (Å²) in [6, 6.07) is 0. The predicted octanol–water partition coefficient (Wildman–Crippen LogP) is 1.58. The van der Waals surface area contributed by atoms with E-state index in [-0.39, 0.29) is 0 Å². The lowest BCUT2D eigenvalue weighted by atomic mass is 10.0. The second-order valence-corrected chi connectivity index (χ2v) is 5.03. The maximum absolute atomic E-state index is 11.1. The number of carbonyl (C=O) groups excluding carboxylic acids is 1. The number of primary amides is 1. The number of rotatable bonds is 4. The highest BCUT2D eigenvalue weighted by molar-refractivity contribution is 5.92. The second-order valence-electron chi connectivity index (χ2n) is 5.03. The van der Waals surface area contributed by atoms with Crippen LogP contribution in [0.2, 0.25) is 0 Å². The molecule has 3 atom stereocenters. The van der Waals surface area contributed by atoms with Gasteiger partial charge in [0.05, 0.1) is 0 Å². The maximum Gasteiger partial charge on any atom is 0.269 e. The molecule has 1 aromatic heterocycles. The zero-order valence-corrected chi connectivity index (χ0v) is 9.49. The van der Waals surface area contributed by atoms with Crippen LogP contribution in [0.25, 0.3) is 0 Å². The van der Waals surface area contributed by atoms with Gasteiger partial charge in [-0.05, 0) is 24.7 Å². The molecule has 1 fully saturated rings. The minimum Gasteiger partial charge on any atom is -0.364 e. The number of nitrogens with zero attached hydrogens (tertiary/aromatic N) is 1. The van der Waals surface area contributed by atoms with E-state index in [9.17, 15) is 4.79 Å². The number of carbonyl (C=O) groups is 1. The van der Waals surface area contributed by atoms with Crippen molar-refractivity contribution in [2.75, 3.05) is 0 Å². The average Bonchev–Trinajstić information content (AvgIpc) is 2.60. The fraction of sp³-hybridized carbons (Fsp3) is 0.667. The summed E-state index contributed by atoms with van der Waals surface area (Å²) in [5.74, 6) is 1.83. The Bertz CT molecular complexity index is 437. The fourth-order valence-electron chi connectivity index (χ4n) is 3.29. The number of hydrogen-bond acceptors (Lipinski definition) is 2. The third-order valence-corrected chi connectivity index (χ3v) is 4.13. The highest BCUT2D eigenvalue weighted by Crippen LogP contribution is 2.63. The fourth-order valence-corrected chi connectivity index (χ4v) is 3.29. The van der Waals surface area contributed by atoms with Crippen molar-refractivity contribution in [3.05, 3.63) is 17.0 Å². The second kappa shape index (κ2) is 3.34. The van der Waals surface area contributed by atoms with Gasteiger partial charge in [0.2, 0.25) is 0 Å². The Balaban J connectivity index is 1.78. The first-order valence-corrected chi connectivity index (χ1v) is 6.11. The number of aromatic nitrogens is 2. The van der Waals surface area contributed by atoms with Crippen molar-refractivity contribution in [1.29, 1.82) is 0 Å². The van der Waals surface area contributed by atoms with Crippen LogP contribution in [-0.4, -0.2) is 16.1 Å². The van der Waals surface area contributed by atoms with Crippen LogP contribution >= 0.6 is 0 Å². The molecule has 1 amide bonds. The van der Waals surface area contributed by atoms with Crippen molar-refractivity contribution in [3.63, 3.8) is 0 Å². The Hall–Kier alpha value is -1.32. The lowest BCUT2D eigenvalue weighted by Gasteiger charge is -2.02. The van der Waals surface area contributed by atoms with Crippen molar-refractivity contribution >= 4 is 5.91 Å². The van der Waals surface area contributed by atoms with Crippen LogP contribution < -0.4 is 5.73 Å². The van der Waals surface area contributed by atoms with E-state index in [1.54, 1.807) is 0 Å². The van der Waals surface area contributed by atoms with E-state index in [0.717, 1.165) is 23.8 Å². The van der Waals surface area contributed by atoms with Gasteiger partial charge in [-0.15, -0.1) is 0 Å². The summed E-state index contributed by atoms with van der Waals surface area (Å²) in [5, 5.41) is 7.04. The van der Waals surface area contributed by atoms with Gasteiger partial charge < -0.3 is 5.73 Å². The van der Waals surface area contributed by atoms with Gasteiger partial charge in [0.1, 0.15) is 0 Å². The number of amides is 1. The molecule has 1 unspecified atom stereocenters. The van der Waals surface area contributed by atoms with Crippen LogP contribution in [0.15, 0.2) is 0 Å². The van der Waals surface area contributed by atoms with E-state index in [2.05, 4.69) is 17.1 Å². The van der Waals surface area contributed by atoms with Gasteiger partial charge in [0.25, 0.3) is 5.91 Å². The third-order valence-electron chi connectivity index (χ3n) is 4.13. The maximum atomic E-state index is 11.1. The van der Waals surface area contributed by atoms with Gasteiger partial charge in [-0.1, -0.05) is 19.8 Å². The van der Waals surface area contributed by atoms with E-state index in [4.69, 9.17) is 5.73 Å². The van der Waals surface area contributed by atoms with E-state index in [1.165, 1.54) is 25.0 Å². The SMILES string of the molecule is CCCCC1[C@H]2c3[nH]nc(C(N)=O)c3C[C@@H]12. The molecular weight excluding hydrogens is 202 g/mol. The highest BCUT2D eigenvalue weighted by atomic mass is 16.1. The summed E-state index contributed by atoms with van der Waals surface area (Å²) >= 11 is 0. The van der Waals surface area contributed by atoms with E-state index < -0.39 is 5.91 Å². The molecule has 1 saturated carbocycles. The van der Waals surface area contributed by atoms with Gasteiger partial charge in [0.15, 0.2) is 5.69 Å². The van der Waals surface area contributed by atoms with Gasteiger partial charge in [-0.2, -0.15) is 5.10 Å². The number of aromatic amines is 1. The number of H-pyrrole nitrogens is 1. The minimum atomic E-state index is -0.399. The Morgan fingerprint density at radius 2 is 2.44 bits per heavy atom. The third kappa shape index (κ3) is 1.22. The molecule has 86 valence electrons. The molecule has 3 rings (SSSR count). The molecule has 1 aromatic rings. The first-order chi connectivity index (χ1) is 7.74. The van der Waals surface area contributed by atoms with Crippen molar-refractivity contribution in [2.45, 2.75) is 38.5 Å². The summed E-state index contributed by atoms with van der Waals surface area (Å²) < 4.78 is 0. The van der Waals surface area contributed by atoms with E-state index >= 15 is 0 Å². The van der Waals surface area contributed by atoms with Crippen molar-refractivity contribution in [3.8, 4) is 0 Å². The summed E-state index contributed by atoms with van der Waals surface area (Å²) in [6.45, 7) is 2.23. The molecule has 1 heterocycles. The predicted molar refractivity (Wildman–Crippen MR) is 60.1 cm³/mol. The van der Waals surface area contributed by atoms with Crippen molar-refractivity contribution < 1.29 is 4.79 Å². The summed E-state index contributed by atoms with van der Waals surface area (Å²) in [5.41, 5.74) is 8.04. The largest absolute Gasteiger partial charge is 0.364 e. The molecule has 2 aliphatic carbocycles. The van der Waals surface area contributed by atoms with Crippen LogP contribution in [0, 0.1) is 11.8 Å². The van der Waals surface area contributed by atoms with Crippen LogP contribution in [0.3, 0.4) is 0 Å². The van der Waals surface area contributed by atoms with Gasteiger partial charge in [-0.25, -0.2) is 0 Å².